The molecule has 1 amide bonds. The predicted molar refractivity (Wildman–Crippen MR) is 116 cm³/mol. The monoisotopic (exact) mass is 407 g/mol. The minimum atomic E-state index is -0.258. The Morgan fingerprint density at radius 3 is 2.83 bits per heavy atom. The van der Waals surface area contributed by atoms with E-state index in [1.54, 1.807) is 6.07 Å². The molecule has 2 heterocycles. The van der Waals surface area contributed by atoms with E-state index in [1.807, 2.05) is 24.3 Å². The fourth-order valence-electron chi connectivity index (χ4n) is 4.08. The van der Waals surface area contributed by atoms with Gasteiger partial charge in [-0.2, -0.15) is 5.10 Å². The standard InChI is InChI=1S/C23H29N5O2/c1-3-15(2)22(23-24-18-11-7-8-12-19(18)25-23)26-20(29)14-28-21(30)13-16-9-5-4-6-10-17(16)27-28/h7-8,11-13,15,22H,3-6,9-10,14H2,1-2H3,(H,24,25)(H,26,29)/t15-,22-/m0/s1. The molecule has 7 heteroatoms. The van der Waals surface area contributed by atoms with E-state index in [1.165, 1.54) is 4.68 Å². The first-order chi connectivity index (χ1) is 14.5. The van der Waals surface area contributed by atoms with Crippen LogP contribution in [0.5, 0.6) is 0 Å². The Balaban J connectivity index is 1.54. The Morgan fingerprint density at radius 1 is 1.23 bits per heavy atom. The van der Waals surface area contributed by atoms with E-state index >= 15 is 0 Å². The molecule has 158 valence electrons. The largest absolute Gasteiger partial charge is 0.344 e. The van der Waals surface area contributed by atoms with Gasteiger partial charge in [-0.25, -0.2) is 9.67 Å². The van der Waals surface area contributed by atoms with Crippen LogP contribution in [0.2, 0.25) is 0 Å². The molecule has 0 spiro atoms. The summed E-state index contributed by atoms with van der Waals surface area (Å²) < 4.78 is 1.30. The molecule has 0 fully saturated rings. The number of amides is 1. The van der Waals surface area contributed by atoms with Crippen molar-refractivity contribution in [1.82, 2.24) is 25.1 Å². The number of aromatic amines is 1. The van der Waals surface area contributed by atoms with Crippen LogP contribution in [0.3, 0.4) is 0 Å². The molecule has 2 N–H and O–H groups in total. The number of imidazole rings is 1. The number of aromatic nitrogens is 4. The van der Waals surface area contributed by atoms with Crippen LogP contribution in [0.15, 0.2) is 35.1 Å². The number of H-pyrrole nitrogens is 1. The van der Waals surface area contributed by atoms with Gasteiger partial charge in [-0.15, -0.1) is 0 Å². The van der Waals surface area contributed by atoms with Gasteiger partial charge in [0.1, 0.15) is 12.4 Å². The summed E-state index contributed by atoms with van der Waals surface area (Å²) in [5, 5.41) is 7.59. The van der Waals surface area contributed by atoms with Crippen LogP contribution in [0.4, 0.5) is 0 Å². The molecule has 1 aliphatic carbocycles. The quantitative estimate of drug-likeness (QED) is 0.613. The molecule has 0 radical (unpaired) electrons. The zero-order valence-corrected chi connectivity index (χ0v) is 17.6. The van der Waals surface area contributed by atoms with Crippen LogP contribution in [0, 0.1) is 5.92 Å². The van der Waals surface area contributed by atoms with Crippen molar-refractivity contribution in [3.8, 4) is 0 Å². The Bertz CT molecular complexity index is 1070. The van der Waals surface area contributed by atoms with Gasteiger partial charge in [-0.05, 0) is 49.3 Å². The summed E-state index contributed by atoms with van der Waals surface area (Å²) in [6, 6.07) is 9.22. The number of hydrogen-bond acceptors (Lipinski definition) is 4. The van der Waals surface area contributed by atoms with Crippen molar-refractivity contribution in [3.63, 3.8) is 0 Å². The molecular formula is C23H29N5O2. The van der Waals surface area contributed by atoms with Crippen LogP contribution in [0.25, 0.3) is 11.0 Å². The van der Waals surface area contributed by atoms with Gasteiger partial charge in [0, 0.05) is 6.07 Å². The lowest BCUT2D eigenvalue weighted by Gasteiger charge is -2.22. The third-order valence-corrected chi connectivity index (χ3v) is 6.05. The normalized spacial score (nSPS) is 15.9. The smallest absolute Gasteiger partial charge is 0.267 e. The maximum Gasteiger partial charge on any atom is 0.267 e. The average Bonchev–Trinajstić information content (AvgIpc) is 3.05. The number of hydrogen-bond donors (Lipinski definition) is 2. The van der Waals surface area contributed by atoms with Crippen LogP contribution in [0.1, 0.15) is 62.7 Å². The lowest BCUT2D eigenvalue weighted by molar-refractivity contribution is -0.123. The van der Waals surface area contributed by atoms with E-state index in [9.17, 15) is 9.59 Å². The Hall–Kier alpha value is -2.96. The molecule has 0 saturated heterocycles. The molecule has 1 aromatic carbocycles. The summed E-state index contributed by atoms with van der Waals surface area (Å²) in [5.74, 6) is 0.691. The molecule has 2 atom stereocenters. The number of nitrogens with zero attached hydrogens (tertiary/aromatic N) is 3. The Morgan fingerprint density at radius 2 is 2.03 bits per heavy atom. The number of carbonyl (C=O) groups excluding carboxylic acids is 1. The van der Waals surface area contributed by atoms with Crippen molar-refractivity contribution >= 4 is 16.9 Å². The SMILES string of the molecule is CC[C@H](C)[C@H](NC(=O)Cn1nc2c(cc1=O)CCCCC2)c1nc2ccccc2[nH]1. The summed E-state index contributed by atoms with van der Waals surface area (Å²) in [4.78, 5) is 33.4. The van der Waals surface area contributed by atoms with Gasteiger partial charge in [0.25, 0.3) is 5.56 Å². The summed E-state index contributed by atoms with van der Waals surface area (Å²) in [6.07, 6.45) is 5.97. The first-order valence-corrected chi connectivity index (χ1v) is 10.9. The van der Waals surface area contributed by atoms with E-state index in [0.29, 0.717) is 0 Å². The molecule has 1 aliphatic rings. The molecule has 0 unspecified atom stereocenters. The number of aryl methyl sites for hydroxylation is 2. The van der Waals surface area contributed by atoms with E-state index < -0.39 is 0 Å². The fourth-order valence-corrected chi connectivity index (χ4v) is 4.08. The number of rotatable bonds is 6. The lowest BCUT2D eigenvalue weighted by atomic mass is 9.98. The zero-order valence-electron chi connectivity index (χ0n) is 17.6. The average molecular weight is 408 g/mol. The van der Waals surface area contributed by atoms with Crippen molar-refractivity contribution in [2.75, 3.05) is 0 Å². The molecule has 0 saturated carbocycles. The van der Waals surface area contributed by atoms with E-state index in [0.717, 1.165) is 66.6 Å². The number of fused-ring (bicyclic) bond motifs is 2. The van der Waals surface area contributed by atoms with Gasteiger partial charge < -0.3 is 10.3 Å². The molecule has 0 aliphatic heterocycles. The second-order valence-electron chi connectivity index (χ2n) is 8.24. The van der Waals surface area contributed by atoms with Crippen molar-refractivity contribution in [3.05, 3.63) is 57.8 Å². The first kappa shape index (κ1) is 20.3. The van der Waals surface area contributed by atoms with E-state index in [-0.39, 0.29) is 30.0 Å². The molecule has 7 nitrogen and oxygen atoms in total. The maximum atomic E-state index is 12.9. The molecule has 30 heavy (non-hydrogen) atoms. The van der Waals surface area contributed by atoms with Crippen LogP contribution < -0.4 is 10.9 Å². The summed E-state index contributed by atoms with van der Waals surface area (Å²) in [7, 11) is 0. The van der Waals surface area contributed by atoms with Crippen molar-refractivity contribution in [1.29, 1.82) is 0 Å². The predicted octanol–water partition coefficient (Wildman–Crippen LogP) is 3.29. The minimum absolute atomic E-state index is 0.0841. The van der Waals surface area contributed by atoms with Gasteiger partial charge in [-0.3, -0.25) is 9.59 Å². The highest BCUT2D eigenvalue weighted by Gasteiger charge is 2.24. The molecular weight excluding hydrogens is 378 g/mol. The molecule has 2 aromatic heterocycles. The Labute approximate surface area is 175 Å². The lowest BCUT2D eigenvalue weighted by Crippen LogP contribution is -2.38. The first-order valence-electron chi connectivity index (χ1n) is 10.9. The topological polar surface area (TPSA) is 92.7 Å². The van der Waals surface area contributed by atoms with Gasteiger partial charge >= 0.3 is 0 Å². The number of para-hydroxylation sites is 2. The van der Waals surface area contributed by atoms with Crippen molar-refractivity contribution in [2.24, 2.45) is 5.92 Å². The second-order valence-corrected chi connectivity index (χ2v) is 8.24. The Kier molecular flexibility index (Phi) is 5.97. The van der Waals surface area contributed by atoms with Gasteiger partial charge in [0.2, 0.25) is 5.91 Å². The summed E-state index contributed by atoms with van der Waals surface area (Å²) in [5.41, 5.74) is 3.59. The molecule has 4 rings (SSSR count). The third-order valence-electron chi connectivity index (χ3n) is 6.05. The highest BCUT2D eigenvalue weighted by atomic mass is 16.2. The van der Waals surface area contributed by atoms with Gasteiger partial charge in [0.05, 0.1) is 22.8 Å². The van der Waals surface area contributed by atoms with Crippen LogP contribution in [-0.2, 0) is 24.2 Å². The molecule has 0 bridgehead atoms. The summed E-state index contributed by atoms with van der Waals surface area (Å²) >= 11 is 0. The second kappa shape index (κ2) is 8.81. The van der Waals surface area contributed by atoms with E-state index in [4.69, 9.17) is 0 Å². The van der Waals surface area contributed by atoms with Crippen molar-refractivity contribution in [2.45, 2.75) is 65.0 Å². The van der Waals surface area contributed by atoms with Crippen LogP contribution >= 0.6 is 0 Å². The maximum absolute atomic E-state index is 12.9. The minimum Gasteiger partial charge on any atom is -0.344 e. The number of nitrogens with one attached hydrogen (secondary N) is 2. The molecule has 3 aromatic rings. The fraction of sp³-hybridized carbons (Fsp3) is 0.478. The van der Waals surface area contributed by atoms with E-state index in [2.05, 4.69) is 34.2 Å². The third kappa shape index (κ3) is 4.30. The highest BCUT2D eigenvalue weighted by molar-refractivity contribution is 5.77. The highest BCUT2D eigenvalue weighted by Crippen LogP contribution is 2.24. The van der Waals surface area contributed by atoms with Gasteiger partial charge in [0.15, 0.2) is 0 Å². The number of carbonyl (C=O) groups is 1. The van der Waals surface area contributed by atoms with Crippen molar-refractivity contribution < 1.29 is 4.79 Å². The number of benzene rings is 1. The summed E-state index contributed by atoms with van der Waals surface area (Å²) in [6.45, 7) is 4.09. The van der Waals surface area contributed by atoms with Gasteiger partial charge in [-0.1, -0.05) is 38.8 Å². The zero-order chi connectivity index (χ0) is 21.1. The van der Waals surface area contributed by atoms with Crippen LogP contribution in [-0.4, -0.2) is 25.7 Å².